The number of piperidine rings is 1. The second kappa shape index (κ2) is 7.82. The van der Waals surface area contributed by atoms with Crippen LogP contribution in [0.5, 0.6) is 0 Å². The highest BCUT2D eigenvalue weighted by molar-refractivity contribution is 7.89. The van der Waals surface area contributed by atoms with Crippen molar-refractivity contribution in [1.82, 2.24) is 9.29 Å². The second-order valence-electron chi connectivity index (χ2n) is 7.11. The predicted molar refractivity (Wildman–Crippen MR) is 108 cm³/mol. The average Bonchev–Trinajstić information content (AvgIpc) is 2.75. The van der Waals surface area contributed by atoms with E-state index in [1.807, 2.05) is 12.1 Å². The van der Waals surface area contributed by atoms with Crippen LogP contribution in [0, 0.1) is 0 Å². The van der Waals surface area contributed by atoms with Gasteiger partial charge in [-0.25, -0.2) is 13.4 Å². The molecule has 0 amide bonds. The van der Waals surface area contributed by atoms with Crippen molar-refractivity contribution in [3.8, 4) is 0 Å². The van der Waals surface area contributed by atoms with Gasteiger partial charge in [0, 0.05) is 32.4 Å². The van der Waals surface area contributed by atoms with Crippen molar-refractivity contribution in [2.45, 2.75) is 30.6 Å². The van der Waals surface area contributed by atoms with Gasteiger partial charge < -0.3 is 4.90 Å². The van der Waals surface area contributed by atoms with Crippen LogP contribution in [0.15, 0.2) is 59.6 Å². The lowest BCUT2D eigenvalue weighted by atomic mass is 10.00. The van der Waals surface area contributed by atoms with Crippen LogP contribution in [0.2, 0.25) is 0 Å². The summed E-state index contributed by atoms with van der Waals surface area (Å²) in [5, 5.41) is 0. The van der Waals surface area contributed by atoms with Gasteiger partial charge in [-0.15, -0.1) is 0 Å². The molecule has 4 rings (SSSR count). The molecule has 0 spiro atoms. The van der Waals surface area contributed by atoms with E-state index in [2.05, 4.69) is 40.2 Å². The van der Waals surface area contributed by atoms with E-state index in [4.69, 9.17) is 0 Å². The van der Waals surface area contributed by atoms with Crippen LogP contribution in [-0.4, -0.2) is 43.9 Å². The largest absolute Gasteiger partial charge is 0.353 e. The third kappa shape index (κ3) is 3.92. The van der Waals surface area contributed by atoms with E-state index < -0.39 is 10.0 Å². The second-order valence-corrected chi connectivity index (χ2v) is 9.05. The number of hydrogen-bond donors (Lipinski definition) is 0. The number of pyridine rings is 1. The van der Waals surface area contributed by atoms with Gasteiger partial charge in [-0.05, 0) is 42.5 Å². The third-order valence-corrected chi connectivity index (χ3v) is 7.23. The van der Waals surface area contributed by atoms with Gasteiger partial charge in [-0.2, -0.15) is 4.31 Å². The number of aromatic nitrogens is 1. The molecule has 5 nitrogen and oxygen atoms in total. The van der Waals surface area contributed by atoms with Crippen LogP contribution in [0.3, 0.4) is 0 Å². The quantitative estimate of drug-likeness (QED) is 0.810. The van der Waals surface area contributed by atoms with Gasteiger partial charge in [-0.1, -0.05) is 42.8 Å². The molecule has 1 aromatic carbocycles. The predicted octanol–water partition coefficient (Wildman–Crippen LogP) is 3.55. The molecule has 1 fully saturated rings. The van der Waals surface area contributed by atoms with Crippen LogP contribution in [0.4, 0.5) is 5.82 Å². The maximum atomic E-state index is 12.7. The van der Waals surface area contributed by atoms with E-state index in [0.29, 0.717) is 18.0 Å². The number of rotatable bonds is 4. The molecule has 2 aromatic rings. The van der Waals surface area contributed by atoms with E-state index in [0.717, 1.165) is 44.6 Å². The normalized spacial score (nSPS) is 19.0. The number of nitrogens with zero attached hydrogens (tertiary/aromatic N) is 3. The van der Waals surface area contributed by atoms with Gasteiger partial charge in [0.2, 0.25) is 10.0 Å². The lowest BCUT2D eigenvalue weighted by Gasteiger charge is -2.28. The molecule has 1 aromatic heterocycles. The smallest absolute Gasteiger partial charge is 0.244 e. The number of hydrogen-bond acceptors (Lipinski definition) is 4. The zero-order chi connectivity index (χ0) is 18.7. The van der Waals surface area contributed by atoms with Crippen LogP contribution in [0.1, 0.15) is 31.2 Å². The van der Waals surface area contributed by atoms with Crippen molar-refractivity contribution in [2.24, 2.45) is 0 Å². The molecule has 142 valence electrons. The molecule has 6 heteroatoms. The SMILES string of the molecule is O=S(=O)(c1ccc(N2CC=C(c3ccccc3)CC2)nc1)N1CCCCC1. The van der Waals surface area contributed by atoms with E-state index in [1.165, 1.54) is 17.3 Å². The first-order valence-corrected chi connectivity index (χ1v) is 11.0. The fourth-order valence-electron chi connectivity index (χ4n) is 3.76. The van der Waals surface area contributed by atoms with Crippen molar-refractivity contribution in [1.29, 1.82) is 0 Å². The highest BCUT2D eigenvalue weighted by Crippen LogP contribution is 2.26. The van der Waals surface area contributed by atoms with Crippen LogP contribution in [-0.2, 0) is 10.0 Å². The maximum absolute atomic E-state index is 12.7. The van der Waals surface area contributed by atoms with Crippen LogP contribution < -0.4 is 4.90 Å². The summed E-state index contributed by atoms with van der Waals surface area (Å²) in [7, 11) is -3.41. The molecule has 3 heterocycles. The zero-order valence-corrected chi connectivity index (χ0v) is 16.2. The maximum Gasteiger partial charge on any atom is 0.244 e. The van der Waals surface area contributed by atoms with E-state index in [-0.39, 0.29) is 0 Å². The minimum atomic E-state index is -3.41. The zero-order valence-electron chi connectivity index (χ0n) is 15.4. The highest BCUT2D eigenvalue weighted by Gasteiger charge is 2.26. The molecule has 2 aliphatic heterocycles. The Balaban J connectivity index is 1.46. The molecular weight excluding hydrogens is 358 g/mol. The molecule has 2 aliphatic rings. The molecule has 0 bridgehead atoms. The van der Waals surface area contributed by atoms with E-state index >= 15 is 0 Å². The van der Waals surface area contributed by atoms with Crippen molar-refractivity contribution in [3.05, 3.63) is 60.3 Å². The van der Waals surface area contributed by atoms with Crippen molar-refractivity contribution < 1.29 is 8.42 Å². The first-order valence-electron chi connectivity index (χ1n) is 9.60. The molecule has 0 saturated carbocycles. The van der Waals surface area contributed by atoms with Gasteiger partial charge in [0.25, 0.3) is 0 Å². The molecule has 0 aliphatic carbocycles. The fourth-order valence-corrected chi connectivity index (χ4v) is 5.22. The Morgan fingerprint density at radius 3 is 2.30 bits per heavy atom. The van der Waals surface area contributed by atoms with Gasteiger partial charge in [0.15, 0.2) is 0 Å². The van der Waals surface area contributed by atoms with Crippen molar-refractivity contribution in [3.63, 3.8) is 0 Å². The topological polar surface area (TPSA) is 53.5 Å². The molecule has 0 atom stereocenters. The molecule has 27 heavy (non-hydrogen) atoms. The van der Waals surface area contributed by atoms with Gasteiger partial charge in [0.1, 0.15) is 10.7 Å². The molecule has 0 N–H and O–H groups in total. The summed E-state index contributed by atoms with van der Waals surface area (Å²) in [5.74, 6) is 0.830. The monoisotopic (exact) mass is 383 g/mol. The first kappa shape index (κ1) is 18.2. The first-order chi connectivity index (χ1) is 13.1. The van der Waals surface area contributed by atoms with Crippen molar-refractivity contribution >= 4 is 21.4 Å². The van der Waals surface area contributed by atoms with E-state index in [1.54, 1.807) is 10.4 Å². The summed E-state index contributed by atoms with van der Waals surface area (Å²) in [5.41, 5.74) is 2.63. The minimum absolute atomic E-state index is 0.297. The van der Waals surface area contributed by atoms with Crippen molar-refractivity contribution in [2.75, 3.05) is 31.1 Å². The standard InChI is InChI=1S/C21H25N3O2S/c25-27(26,24-13-5-2-6-14-24)20-9-10-21(22-17-20)23-15-11-19(12-16-23)18-7-3-1-4-8-18/h1,3-4,7-11,17H,2,5-6,12-16H2. The number of anilines is 1. The van der Waals surface area contributed by atoms with Gasteiger partial charge >= 0.3 is 0 Å². The lowest BCUT2D eigenvalue weighted by molar-refractivity contribution is 0.346. The Morgan fingerprint density at radius 1 is 0.889 bits per heavy atom. The molecule has 1 saturated heterocycles. The summed E-state index contributed by atoms with van der Waals surface area (Å²) >= 11 is 0. The Hall–Kier alpha value is -2.18. The molecule has 0 radical (unpaired) electrons. The third-order valence-electron chi connectivity index (χ3n) is 5.35. The molecule has 0 unspecified atom stereocenters. The highest BCUT2D eigenvalue weighted by atomic mass is 32.2. The fraction of sp³-hybridized carbons (Fsp3) is 0.381. The van der Waals surface area contributed by atoms with E-state index in [9.17, 15) is 8.42 Å². The van der Waals surface area contributed by atoms with Crippen LogP contribution >= 0.6 is 0 Å². The Labute approximate surface area is 161 Å². The summed E-state index contributed by atoms with van der Waals surface area (Å²) in [6, 6.07) is 14.0. The summed E-state index contributed by atoms with van der Waals surface area (Å²) in [4.78, 5) is 6.93. The lowest BCUT2D eigenvalue weighted by Crippen LogP contribution is -2.35. The Kier molecular flexibility index (Phi) is 5.27. The Bertz CT molecular complexity index is 902. The minimum Gasteiger partial charge on any atom is -0.353 e. The Morgan fingerprint density at radius 2 is 1.67 bits per heavy atom. The summed E-state index contributed by atoms with van der Waals surface area (Å²) in [6.07, 6.45) is 7.69. The van der Waals surface area contributed by atoms with Gasteiger partial charge in [-0.3, -0.25) is 0 Å². The number of benzene rings is 1. The summed E-state index contributed by atoms with van der Waals surface area (Å²) < 4.78 is 27.1. The summed E-state index contributed by atoms with van der Waals surface area (Å²) in [6.45, 7) is 2.90. The number of sulfonamides is 1. The molecular formula is C21H25N3O2S. The van der Waals surface area contributed by atoms with Crippen LogP contribution in [0.25, 0.3) is 5.57 Å². The van der Waals surface area contributed by atoms with Gasteiger partial charge in [0.05, 0.1) is 0 Å². The average molecular weight is 384 g/mol.